The Morgan fingerprint density at radius 1 is 0.885 bits per heavy atom. The van der Waals surface area contributed by atoms with E-state index in [9.17, 15) is 0 Å². The molecule has 0 aliphatic heterocycles. The standard InChI is InChI=1S/C22H22ClNO2/c1-17-15-19(11-12-20(17)23)25-14-13-24-21-9-5-6-10-22(21)26-16-18-7-3-2-4-8-18/h2-12,15,24H,13-14,16H2,1H3. The zero-order valence-electron chi connectivity index (χ0n) is 14.7. The normalized spacial score (nSPS) is 10.4. The first-order valence-corrected chi connectivity index (χ1v) is 8.99. The highest BCUT2D eigenvalue weighted by molar-refractivity contribution is 6.31. The van der Waals surface area contributed by atoms with Crippen molar-refractivity contribution in [3.05, 3.63) is 88.9 Å². The molecule has 134 valence electrons. The van der Waals surface area contributed by atoms with Gasteiger partial charge in [-0.25, -0.2) is 0 Å². The molecule has 0 unspecified atom stereocenters. The molecule has 0 atom stereocenters. The van der Waals surface area contributed by atoms with Crippen molar-refractivity contribution in [1.29, 1.82) is 0 Å². The Labute approximate surface area is 159 Å². The molecule has 4 heteroatoms. The molecule has 26 heavy (non-hydrogen) atoms. The average Bonchev–Trinajstić information content (AvgIpc) is 2.68. The molecular weight excluding hydrogens is 346 g/mol. The smallest absolute Gasteiger partial charge is 0.142 e. The summed E-state index contributed by atoms with van der Waals surface area (Å²) in [5, 5.41) is 4.12. The van der Waals surface area contributed by atoms with Gasteiger partial charge in [-0.1, -0.05) is 54.1 Å². The van der Waals surface area contributed by atoms with Gasteiger partial charge in [0.1, 0.15) is 24.7 Å². The minimum Gasteiger partial charge on any atom is -0.492 e. The quantitative estimate of drug-likeness (QED) is 0.516. The molecule has 3 rings (SSSR count). The Hall–Kier alpha value is -2.65. The maximum atomic E-state index is 6.03. The molecule has 0 heterocycles. The van der Waals surface area contributed by atoms with Crippen LogP contribution in [-0.4, -0.2) is 13.2 Å². The lowest BCUT2D eigenvalue weighted by molar-refractivity contribution is 0.306. The molecular formula is C22H22ClNO2. The van der Waals surface area contributed by atoms with Gasteiger partial charge < -0.3 is 14.8 Å². The Morgan fingerprint density at radius 3 is 2.46 bits per heavy atom. The second-order valence-electron chi connectivity index (χ2n) is 5.96. The summed E-state index contributed by atoms with van der Waals surface area (Å²) >= 11 is 6.03. The highest BCUT2D eigenvalue weighted by atomic mass is 35.5. The van der Waals surface area contributed by atoms with Crippen molar-refractivity contribution in [2.45, 2.75) is 13.5 Å². The number of aryl methyl sites for hydroxylation is 1. The van der Waals surface area contributed by atoms with Crippen LogP contribution in [0.25, 0.3) is 0 Å². The van der Waals surface area contributed by atoms with Crippen LogP contribution in [0.1, 0.15) is 11.1 Å². The van der Waals surface area contributed by atoms with Gasteiger partial charge in [0.05, 0.1) is 5.69 Å². The Balaban J connectivity index is 1.50. The third kappa shape index (κ3) is 5.17. The van der Waals surface area contributed by atoms with E-state index in [1.807, 2.05) is 67.6 Å². The largest absolute Gasteiger partial charge is 0.492 e. The number of halogens is 1. The number of hydrogen-bond donors (Lipinski definition) is 1. The summed E-state index contributed by atoms with van der Waals surface area (Å²) in [5.74, 6) is 1.65. The maximum Gasteiger partial charge on any atom is 0.142 e. The SMILES string of the molecule is Cc1cc(OCCNc2ccccc2OCc2ccccc2)ccc1Cl. The first kappa shape index (κ1) is 18.2. The molecule has 0 saturated heterocycles. The van der Waals surface area contributed by atoms with Gasteiger partial charge in [-0.2, -0.15) is 0 Å². The van der Waals surface area contributed by atoms with Crippen molar-refractivity contribution in [3.8, 4) is 11.5 Å². The second-order valence-corrected chi connectivity index (χ2v) is 6.36. The Morgan fingerprint density at radius 2 is 1.65 bits per heavy atom. The summed E-state index contributed by atoms with van der Waals surface area (Å²) in [6.45, 7) is 3.73. The van der Waals surface area contributed by atoms with Gasteiger partial charge >= 0.3 is 0 Å². The molecule has 0 aromatic heterocycles. The average molecular weight is 368 g/mol. The fourth-order valence-corrected chi connectivity index (χ4v) is 2.65. The van der Waals surface area contributed by atoms with Crippen LogP contribution in [0.4, 0.5) is 5.69 Å². The van der Waals surface area contributed by atoms with Gasteiger partial charge in [0.2, 0.25) is 0 Å². The van der Waals surface area contributed by atoms with Crippen LogP contribution in [0.2, 0.25) is 5.02 Å². The van der Waals surface area contributed by atoms with E-state index in [2.05, 4.69) is 17.4 Å². The van der Waals surface area contributed by atoms with E-state index in [0.717, 1.165) is 33.3 Å². The van der Waals surface area contributed by atoms with Gasteiger partial charge in [0.25, 0.3) is 0 Å². The zero-order valence-corrected chi connectivity index (χ0v) is 15.5. The minimum absolute atomic E-state index is 0.542. The summed E-state index contributed by atoms with van der Waals surface area (Å²) in [6.07, 6.45) is 0. The molecule has 0 aliphatic rings. The monoisotopic (exact) mass is 367 g/mol. The van der Waals surface area contributed by atoms with Crippen LogP contribution >= 0.6 is 11.6 Å². The van der Waals surface area contributed by atoms with Crippen molar-refractivity contribution in [3.63, 3.8) is 0 Å². The summed E-state index contributed by atoms with van der Waals surface area (Å²) < 4.78 is 11.7. The van der Waals surface area contributed by atoms with Crippen LogP contribution in [0.5, 0.6) is 11.5 Å². The van der Waals surface area contributed by atoms with E-state index in [-0.39, 0.29) is 0 Å². The molecule has 0 aliphatic carbocycles. The molecule has 0 radical (unpaired) electrons. The van der Waals surface area contributed by atoms with Crippen LogP contribution in [-0.2, 0) is 6.61 Å². The summed E-state index contributed by atoms with van der Waals surface area (Å²) in [7, 11) is 0. The lowest BCUT2D eigenvalue weighted by Crippen LogP contribution is -2.12. The molecule has 1 N–H and O–H groups in total. The minimum atomic E-state index is 0.542. The molecule has 0 saturated carbocycles. The lowest BCUT2D eigenvalue weighted by Gasteiger charge is -2.14. The number of benzene rings is 3. The van der Waals surface area contributed by atoms with E-state index in [0.29, 0.717) is 19.8 Å². The van der Waals surface area contributed by atoms with Crippen LogP contribution in [0.15, 0.2) is 72.8 Å². The predicted molar refractivity (Wildman–Crippen MR) is 107 cm³/mol. The topological polar surface area (TPSA) is 30.5 Å². The van der Waals surface area contributed by atoms with Crippen molar-refractivity contribution >= 4 is 17.3 Å². The number of rotatable bonds is 8. The number of para-hydroxylation sites is 2. The third-order valence-corrected chi connectivity index (χ3v) is 4.36. The van der Waals surface area contributed by atoms with Crippen molar-refractivity contribution < 1.29 is 9.47 Å². The summed E-state index contributed by atoms with van der Waals surface area (Å²) in [4.78, 5) is 0. The molecule has 3 aromatic carbocycles. The number of nitrogens with one attached hydrogen (secondary N) is 1. The third-order valence-electron chi connectivity index (χ3n) is 3.94. The van der Waals surface area contributed by atoms with Gasteiger partial charge in [0.15, 0.2) is 0 Å². The molecule has 0 amide bonds. The van der Waals surface area contributed by atoms with Crippen molar-refractivity contribution in [2.24, 2.45) is 0 Å². The van der Waals surface area contributed by atoms with Crippen molar-refractivity contribution in [2.75, 3.05) is 18.5 Å². The van der Waals surface area contributed by atoms with E-state index in [1.165, 1.54) is 0 Å². The first-order valence-electron chi connectivity index (χ1n) is 8.61. The van der Waals surface area contributed by atoms with E-state index >= 15 is 0 Å². The molecule has 0 spiro atoms. The molecule has 0 bridgehead atoms. The van der Waals surface area contributed by atoms with Gasteiger partial charge in [-0.05, 0) is 48.4 Å². The predicted octanol–water partition coefficient (Wildman–Crippen LogP) is 5.72. The fraction of sp³-hybridized carbons (Fsp3) is 0.182. The molecule has 3 aromatic rings. The van der Waals surface area contributed by atoms with Gasteiger partial charge in [0, 0.05) is 11.6 Å². The van der Waals surface area contributed by atoms with Gasteiger partial charge in [-0.3, -0.25) is 0 Å². The molecule has 0 fully saturated rings. The highest BCUT2D eigenvalue weighted by Gasteiger charge is 2.04. The summed E-state index contributed by atoms with van der Waals surface area (Å²) in [6, 6.07) is 23.7. The van der Waals surface area contributed by atoms with Crippen LogP contribution < -0.4 is 14.8 Å². The fourth-order valence-electron chi connectivity index (χ4n) is 2.54. The number of hydrogen-bond acceptors (Lipinski definition) is 3. The van der Waals surface area contributed by atoms with E-state index < -0.39 is 0 Å². The number of anilines is 1. The number of ether oxygens (including phenoxy) is 2. The summed E-state index contributed by atoms with van der Waals surface area (Å²) in [5.41, 5.74) is 3.11. The van der Waals surface area contributed by atoms with Gasteiger partial charge in [-0.15, -0.1) is 0 Å². The second kappa shape index (κ2) is 9.16. The molecule has 3 nitrogen and oxygen atoms in total. The maximum absolute atomic E-state index is 6.03. The zero-order chi connectivity index (χ0) is 18.2. The van der Waals surface area contributed by atoms with E-state index in [4.69, 9.17) is 21.1 Å². The van der Waals surface area contributed by atoms with E-state index in [1.54, 1.807) is 0 Å². The highest BCUT2D eigenvalue weighted by Crippen LogP contribution is 2.25. The Kier molecular flexibility index (Phi) is 6.39. The van der Waals surface area contributed by atoms with Crippen molar-refractivity contribution in [1.82, 2.24) is 0 Å². The van der Waals surface area contributed by atoms with Crippen LogP contribution in [0.3, 0.4) is 0 Å². The lowest BCUT2D eigenvalue weighted by atomic mass is 10.2. The first-order chi connectivity index (χ1) is 12.7. The Bertz CT molecular complexity index is 837. The van der Waals surface area contributed by atoms with Crippen LogP contribution in [0, 0.1) is 6.92 Å².